The van der Waals surface area contributed by atoms with E-state index < -0.39 is 0 Å². The number of hydrogen-bond acceptors (Lipinski definition) is 3. The van der Waals surface area contributed by atoms with Gasteiger partial charge in [0.15, 0.2) is 5.82 Å². The Balaban J connectivity index is 1.31. The van der Waals surface area contributed by atoms with Crippen LogP contribution < -0.4 is 0 Å². The number of aromatic nitrogens is 4. The molecular formula is C40H24N4. The van der Waals surface area contributed by atoms with Gasteiger partial charge in [-0.2, -0.15) is 0 Å². The van der Waals surface area contributed by atoms with Crippen molar-refractivity contribution in [3.8, 4) is 17.1 Å². The molecule has 0 unspecified atom stereocenters. The number of nitrogens with zero attached hydrogens (tertiary/aromatic N) is 4. The van der Waals surface area contributed by atoms with Crippen LogP contribution in [-0.2, 0) is 0 Å². The zero-order valence-electron chi connectivity index (χ0n) is 23.9. The minimum atomic E-state index is 0.704. The molecule has 0 saturated carbocycles. The molecule has 2 heterocycles. The van der Waals surface area contributed by atoms with Crippen LogP contribution in [0, 0.1) is 6.92 Å². The molecule has 0 saturated heterocycles. The fourth-order valence-corrected chi connectivity index (χ4v) is 7.47. The predicted octanol–water partition coefficient (Wildman–Crippen LogP) is 10.1. The van der Waals surface area contributed by atoms with Crippen LogP contribution in [0.3, 0.4) is 0 Å². The Morgan fingerprint density at radius 2 is 1.05 bits per heavy atom. The van der Waals surface area contributed by atoms with E-state index in [0.29, 0.717) is 5.82 Å². The number of benzene rings is 7. The molecule has 4 heteroatoms. The fourth-order valence-electron chi connectivity index (χ4n) is 7.47. The molecule has 44 heavy (non-hydrogen) atoms. The average Bonchev–Trinajstić information content (AvgIpc) is 3.41. The highest BCUT2D eigenvalue weighted by atomic mass is 15.1. The summed E-state index contributed by atoms with van der Waals surface area (Å²) in [6, 6.07) is 41.8. The molecule has 0 N–H and O–H groups in total. The number of hydrogen-bond donors (Lipinski definition) is 0. The third-order valence-corrected chi connectivity index (χ3v) is 9.31. The molecule has 10 aromatic rings. The Morgan fingerprint density at radius 1 is 0.500 bits per heavy atom. The lowest BCUT2D eigenvalue weighted by Crippen LogP contribution is -2.00. The molecule has 0 amide bonds. The second-order valence-electron chi connectivity index (χ2n) is 11.7. The van der Waals surface area contributed by atoms with Gasteiger partial charge >= 0.3 is 0 Å². The number of rotatable bonds is 2. The lowest BCUT2D eigenvalue weighted by Gasteiger charge is -2.16. The van der Waals surface area contributed by atoms with Crippen molar-refractivity contribution in [1.29, 1.82) is 0 Å². The zero-order chi connectivity index (χ0) is 28.9. The van der Waals surface area contributed by atoms with Gasteiger partial charge in [0.2, 0.25) is 0 Å². The Kier molecular flexibility index (Phi) is 4.62. The maximum absolute atomic E-state index is 4.92. The first kappa shape index (κ1) is 23.7. The summed E-state index contributed by atoms with van der Waals surface area (Å²) in [7, 11) is 0. The molecule has 204 valence electrons. The van der Waals surface area contributed by atoms with Gasteiger partial charge < -0.3 is 0 Å². The predicted molar refractivity (Wildman–Crippen MR) is 183 cm³/mol. The molecule has 2 aromatic heterocycles. The lowest BCUT2D eigenvalue weighted by molar-refractivity contribution is 0.973. The highest BCUT2D eigenvalue weighted by Crippen LogP contribution is 2.44. The van der Waals surface area contributed by atoms with E-state index in [1.807, 2.05) is 37.5 Å². The quantitative estimate of drug-likeness (QED) is 0.198. The summed E-state index contributed by atoms with van der Waals surface area (Å²) in [5.74, 6) is 1.62. The van der Waals surface area contributed by atoms with Crippen molar-refractivity contribution in [2.75, 3.05) is 0 Å². The summed E-state index contributed by atoms with van der Waals surface area (Å²) in [5, 5.41) is 15.1. The van der Waals surface area contributed by atoms with Crippen molar-refractivity contribution in [2.24, 2.45) is 0 Å². The highest BCUT2D eigenvalue weighted by Gasteiger charge is 2.17. The van der Waals surface area contributed by atoms with Gasteiger partial charge in [-0.3, -0.25) is 4.57 Å². The van der Waals surface area contributed by atoms with Crippen LogP contribution in [0.1, 0.15) is 5.82 Å². The molecule has 0 atom stereocenters. The van der Waals surface area contributed by atoms with Gasteiger partial charge in [0.05, 0.1) is 29.1 Å². The lowest BCUT2D eigenvalue weighted by atomic mass is 9.87. The molecular weight excluding hydrogens is 536 g/mol. The third kappa shape index (κ3) is 3.14. The maximum Gasteiger partial charge on any atom is 0.159 e. The number of para-hydroxylation sites is 2. The summed E-state index contributed by atoms with van der Waals surface area (Å²) < 4.78 is 2.11. The topological polar surface area (TPSA) is 43.6 Å². The SMILES string of the molecule is Cc1nc2ccccc2n1-c1cnc(-c2cc3ccc4cccc5c6cccc7ccc8cccc(c(c2)c3c45)c8c76)nc1. The molecule has 10 rings (SSSR count). The summed E-state index contributed by atoms with van der Waals surface area (Å²) in [6.07, 6.45) is 3.82. The molecule has 0 aliphatic carbocycles. The fraction of sp³-hybridized carbons (Fsp3) is 0.0250. The van der Waals surface area contributed by atoms with Crippen LogP contribution in [0.5, 0.6) is 0 Å². The van der Waals surface area contributed by atoms with E-state index in [-0.39, 0.29) is 0 Å². The summed E-state index contributed by atoms with van der Waals surface area (Å²) >= 11 is 0. The van der Waals surface area contributed by atoms with Crippen molar-refractivity contribution >= 4 is 75.7 Å². The first-order chi connectivity index (χ1) is 21.7. The molecule has 8 aromatic carbocycles. The molecule has 4 nitrogen and oxygen atoms in total. The van der Waals surface area contributed by atoms with E-state index in [9.17, 15) is 0 Å². The van der Waals surface area contributed by atoms with Crippen LogP contribution >= 0.6 is 0 Å². The van der Waals surface area contributed by atoms with Crippen LogP contribution in [-0.4, -0.2) is 19.5 Å². The molecule has 0 radical (unpaired) electrons. The Hall–Kier alpha value is -5.87. The Bertz CT molecular complexity index is 2770. The highest BCUT2D eigenvalue weighted by molar-refractivity contribution is 6.37. The summed E-state index contributed by atoms with van der Waals surface area (Å²) in [5.41, 5.74) is 3.92. The van der Waals surface area contributed by atoms with Gasteiger partial charge in [0.25, 0.3) is 0 Å². The van der Waals surface area contributed by atoms with E-state index in [0.717, 1.165) is 28.1 Å². The summed E-state index contributed by atoms with van der Waals surface area (Å²) in [6.45, 7) is 2.02. The first-order valence-corrected chi connectivity index (χ1v) is 14.9. The first-order valence-electron chi connectivity index (χ1n) is 14.9. The van der Waals surface area contributed by atoms with Crippen LogP contribution in [0.25, 0.3) is 92.7 Å². The standard InChI is InChI=1S/C40H24N4/c1-23-43-34-13-2-3-14-35(34)44(23)29-21-41-40(42-22-29)28-19-27-18-17-26-8-5-11-31-30-10-4-7-24-15-16-25-9-6-12-32(38(25)36(24)30)33(20-28)39(27)37(26)31/h2-22H,1H3. The van der Waals surface area contributed by atoms with Crippen molar-refractivity contribution in [2.45, 2.75) is 6.92 Å². The van der Waals surface area contributed by atoms with Crippen molar-refractivity contribution in [3.63, 3.8) is 0 Å². The van der Waals surface area contributed by atoms with Gasteiger partial charge in [-0.1, -0.05) is 91.0 Å². The van der Waals surface area contributed by atoms with E-state index >= 15 is 0 Å². The molecule has 0 bridgehead atoms. The third-order valence-electron chi connectivity index (χ3n) is 9.31. The monoisotopic (exact) mass is 560 g/mol. The molecule has 0 aliphatic rings. The second kappa shape index (κ2) is 8.59. The van der Waals surface area contributed by atoms with E-state index in [2.05, 4.69) is 102 Å². The Labute approximate surface area is 252 Å². The van der Waals surface area contributed by atoms with Crippen molar-refractivity contribution < 1.29 is 0 Å². The minimum Gasteiger partial charge on any atom is -0.293 e. The van der Waals surface area contributed by atoms with Crippen molar-refractivity contribution in [3.05, 3.63) is 133 Å². The van der Waals surface area contributed by atoms with E-state index in [4.69, 9.17) is 15.0 Å². The zero-order valence-corrected chi connectivity index (χ0v) is 23.9. The van der Waals surface area contributed by atoms with Crippen LogP contribution in [0.4, 0.5) is 0 Å². The smallest absolute Gasteiger partial charge is 0.159 e. The van der Waals surface area contributed by atoms with Crippen molar-refractivity contribution in [1.82, 2.24) is 19.5 Å². The Morgan fingerprint density at radius 3 is 1.68 bits per heavy atom. The van der Waals surface area contributed by atoms with Gasteiger partial charge in [0.1, 0.15) is 5.82 Å². The normalized spacial score (nSPS) is 12.2. The van der Waals surface area contributed by atoms with Gasteiger partial charge in [-0.25, -0.2) is 15.0 Å². The number of imidazole rings is 1. The summed E-state index contributed by atoms with van der Waals surface area (Å²) in [4.78, 5) is 14.6. The molecule has 0 aliphatic heterocycles. The van der Waals surface area contributed by atoms with Gasteiger partial charge in [-0.15, -0.1) is 0 Å². The second-order valence-corrected chi connectivity index (χ2v) is 11.7. The van der Waals surface area contributed by atoms with E-state index in [1.54, 1.807) is 0 Å². The minimum absolute atomic E-state index is 0.704. The van der Waals surface area contributed by atoms with E-state index in [1.165, 1.54) is 64.6 Å². The van der Waals surface area contributed by atoms with Crippen LogP contribution in [0.2, 0.25) is 0 Å². The largest absolute Gasteiger partial charge is 0.293 e. The maximum atomic E-state index is 4.92. The van der Waals surface area contributed by atoms with Crippen LogP contribution in [0.15, 0.2) is 128 Å². The molecule has 0 spiro atoms. The van der Waals surface area contributed by atoms with Gasteiger partial charge in [0, 0.05) is 5.56 Å². The average molecular weight is 561 g/mol. The molecule has 0 fully saturated rings. The number of aryl methyl sites for hydroxylation is 1. The number of fused-ring (bicyclic) bond motifs is 3. The van der Waals surface area contributed by atoms with Gasteiger partial charge in [-0.05, 0) is 95.8 Å².